The number of rotatable bonds is 3. The Kier molecular flexibility index (Phi) is 3.54. The van der Waals surface area contributed by atoms with E-state index in [1.54, 1.807) is 0 Å². The van der Waals surface area contributed by atoms with Gasteiger partial charge in [0.1, 0.15) is 0 Å². The molecule has 0 radical (unpaired) electrons. The molecule has 2 nitrogen and oxygen atoms in total. The first-order valence-corrected chi connectivity index (χ1v) is 6.49. The summed E-state index contributed by atoms with van der Waals surface area (Å²) in [7, 11) is 0. The SMILES string of the molecule is CC(N)CCc1ccc2c(c1)NCCS2. The van der Waals surface area contributed by atoms with E-state index in [9.17, 15) is 0 Å². The molecule has 0 amide bonds. The molecule has 1 aromatic carbocycles. The molecule has 0 fully saturated rings. The normalized spacial score (nSPS) is 16.7. The molecule has 82 valence electrons. The summed E-state index contributed by atoms with van der Waals surface area (Å²) < 4.78 is 0. The van der Waals surface area contributed by atoms with Crippen LogP contribution in [0.2, 0.25) is 0 Å². The molecule has 1 aromatic rings. The van der Waals surface area contributed by atoms with E-state index in [0.29, 0.717) is 6.04 Å². The monoisotopic (exact) mass is 222 g/mol. The molecule has 0 aliphatic carbocycles. The summed E-state index contributed by atoms with van der Waals surface area (Å²) in [4.78, 5) is 1.38. The Bertz CT molecular complexity index is 336. The van der Waals surface area contributed by atoms with E-state index in [4.69, 9.17) is 5.73 Å². The first-order valence-electron chi connectivity index (χ1n) is 5.51. The molecule has 0 bridgehead atoms. The van der Waals surface area contributed by atoms with Gasteiger partial charge in [0.15, 0.2) is 0 Å². The van der Waals surface area contributed by atoms with E-state index >= 15 is 0 Å². The van der Waals surface area contributed by atoms with E-state index in [1.807, 2.05) is 11.8 Å². The van der Waals surface area contributed by atoms with Gasteiger partial charge >= 0.3 is 0 Å². The molecule has 2 rings (SSSR count). The lowest BCUT2D eigenvalue weighted by molar-refractivity contribution is 0.666. The zero-order chi connectivity index (χ0) is 10.7. The fourth-order valence-electron chi connectivity index (χ4n) is 1.74. The Labute approximate surface area is 95.6 Å². The van der Waals surface area contributed by atoms with Gasteiger partial charge in [-0.2, -0.15) is 0 Å². The molecule has 3 N–H and O–H groups in total. The predicted molar refractivity (Wildman–Crippen MR) is 67.6 cm³/mol. The number of nitrogens with one attached hydrogen (secondary N) is 1. The Balaban J connectivity index is 2.07. The maximum Gasteiger partial charge on any atom is 0.0481 e. The molecule has 0 aromatic heterocycles. The zero-order valence-electron chi connectivity index (χ0n) is 9.12. The third-order valence-electron chi connectivity index (χ3n) is 2.61. The van der Waals surface area contributed by atoms with Gasteiger partial charge in [0.25, 0.3) is 0 Å². The quantitative estimate of drug-likeness (QED) is 0.825. The summed E-state index contributed by atoms with van der Waals surface area (Å²) in [6.07, 6.45) is 2.14. The molecular formula is C12H18N2S. The molecule has 3 heteroatoms. The number of hydrogen-bond acceptors (Lipinski definition) is 3. The third kappa shape index (κ3) is 2.89. The highest BCUT2D eigenvalue weighted by molar-refractivity contribution is 7.99. The molecule has 0 saturated heterocycles. The van der Waals surface area contributed by atoms with E-state index in [2.05, 4.69) is 30.4 Å². The van der Waals surface area contributed by atoms with Crippen molar-refractivity contribution < 1.29 is 0 Å². The summed E-state index contributed by atoms with van der Waals surface area (Å²) in [5.41, 5.74) is 8.45. The van der Waals surface area contributed by atoms with Crippen molar-refractivity contribution in [1.29, 1.82) is 0 Å². The van der Waals surface area contributed by atoms with Crippen molar-refractivity contribution in [2.45, 2.75) is 30.7 Å². The summed E-state index contributed by atoms with van der Waals surface area (Å²) in [5, 5.41) is 3.44. The van der Waals surface area contributed by atoms with Crippen molar-refractivity contribution >= 4 is 17.4 Å². The number of thioether (sulfide) groups is 1. The molecule has 15 heavy (non-hydrogen) atoms. The predicted octanol–water partition coefficient (Wildman–Crippen LogP) is 2.48. The van der Waals surface area contributed by atoms with Crippen LogP contribution in [0.1, 0.15) is 18.9 Å². The van der Waals surface area contributed by atoms with Crippen LogP contribution in [0.4, 0.5) is 5.69 Å². The van der Waals surface area contributed by atoms with E-state index in [-0.39, 0.29) is 0 Å². The van der Waals surface area contributed by atoms with Crippen molar-refractivity contribution in [2.75, 3.05) is 17.6 Å². The minimum Gasteiger partial charge on any atom is -0.383 e. The van der Waals surface area contributed by atoms with Crippen molar-refractivity contribution in [3.8, 4) is 0 Å². The maximum absolute atomic E-state index is 5.76. The number of benzene rings is 1. The molecule has 0 saturated carbocycles. The lowest BCUT2D eigenvalue weighted by Crippen LogP contribution is -2.15. The van der Waals surface area contributed by atoms with Crippen LogP contribution in [0.25, 0.3) is 0 Å². The molecule has 1 unspecified atom stereocenters. The molecule has 0 spiro atoms. The van der Waals surface area contributed by atoms with Crippen LogP contribution in [-0.2, 0) is 6.42 Å². The van der Waals surface area contributed by atoms with Crippen LogP contribution < -0.4 is 11.1 Å². The summed E-state index contributed by atoms with van der Waals surface area (Å²) in [6, 6.07) is 7.01. The molecule has 1 heterocycles. The number of hydrogen-bond donors (Lipinski definition) is 2. The summed E-state index contributed by atoms with van der Waals surface area (Å²) in [5.74, 6) is 1.17. The van der Waals surface area contributed by atoms with Crippen LogP contribution in [0, 0.1) is 0 Å². The Hall–Kier alpha value is -0.670. The van der Waals surface area contributed by atoms with Gasteiger partial charge < -0.3 is 11.1 Å². The highest BCUT2D eigenvalue weighted by atomic mass is 32.2. The van der Waals surface area contributed by atoms with Gasteiger partial charge in [-0.1, -0.05) is 6.07 Å². The lowest BCUT2D eigenvalue weighted by atomic mass is 10.1. The van der Waals surface area contributed by atoms with Crippen LogP contribution in [0.5, 0.6) is 0 Å². The van der Waals surface area contributed by atoms with Crippen molar-refractivity contribution in [3.05, 3.63) is 23.8 Å². The fourth-order valence-corrected chi connectivity index (χ4v) is 2.61. The van der Waals surface area contributed by atoms with E-state index < -0.39 is 0 Å². The van der Waals surface area contributed by atoms with Crippen LogP contribution in [0.3, 0.4) is 0 Å². The summed E-state index contributed by atoms with van der Waals surface area (Å²) in [6.45, 7) is 3.14. The summed E-state index contributed by atoms with van der Waals surface area (Å²) >= 11 is 1.93. The topological polar surface area (TPSA) is 38.0 Å². The number of fused-ring (bicyclic) bond motifs is 1. The van der Waals surface area contributed by atoms with Crippen LogP contribution >= 0.6 is 11.8 Å². The smallest absolute Gasteiger partial charge is 0.0481 e. The number of nitrogens with two attached hydrogens (primary N) is 1. The minimum absolute atomic E-state index is 0.295. The average molecular weight is 222 g/mol. The second kappa shape index (κ2) is 4.90. The van der Waals surface area contributed by atoms with Crippen molar-refractivity contribution in [3.63, 3.8) is 0 Å². The first kappa shape index (κ1) is 10.8. The maximum atomic E-state index is 5.76. The van der Waals surface area contributed by atoms with Crippen molar-refractivity contribution in [1.82, 2.24) is 0 Å². The van der Waals surface area contributed by atoms with Gasteiger partial charge in [-0.15, -0.1) is 11.8 Å². The van der Waals surface area contributed by atoms with Gasteiger partial charge in [0.05, 0.1) is 0 Å². The zero-order valence-corrected chi connectivity index (χ0v) is 9.94. The largest absolute Gasteiger partial charge is 0.383 e. The van der Waals surface area contributed by atoms with Gasteiger partial charge in [-0.05, 0) is 37.5 Å². The molecule has 1 aliphatic rings. The first-order chi connectivity index (χ1) is 7.25. The number of aryl methyl sites for hydroxylation is 1. The second-order valence-electron chi connectivity index (χ2n) is 4.12. The number of anilines is 1. The standard InChI is InChI=1S/C12H18N2S/c1-9(13)2-3-10-4-5-12-11(8-10)14-6-7-15-12/h4-5,8-9,14H,2-3,6-7,13H2,1H3. The van der Waals surface area contributed by atoms with Crippen molar-refractivity contribution in [2.24, 2.45) is 5.73 Å². The Morgan fingerprint density at radius 1 is 1.53 bits per heavy atom. The highest BCUT2D eigenvalue weighted by Gasteiger charge is 2.09. The van der Waals surface area contributed by atoms with Gasteiger partial charge in [0, 0.05) is 28.9 Å². The molecule has 1 aliphatic heterocycles. The lowest BCUT2D eigenvalue weighted by Gasteiger charge is -2.18. The fraction of sp³-hybridized carbons (Fsp3) is 0.500. The minimum atomic E-state index is 0.295. The Morgan fingerprint density at radius 2 is 2.40 bits per heavy atom. The van der Waals surface area contributed by atoms with E-state index in [0.717, 1.165) is 19.4 Å². The van der Waals surface area contributed by atoms with Gasteiger partial charge in [-0.25, -0.2) is 0 Å². The average Bonchev–Trinajstić information content (AvgIpc) is 2.26. The molecular weight excluding hydrogens is 204 g/mol. The second-order valence-corrected chi connectivity index (χ2v) is 5.26. The van der Waals surface area contributed by atoms with Crippen LogP contribution in [-0.4, -0.2) is 18.3 Å². The third-order valence-corrected chi connectivity index (χ3v) is 3.68. The Morgan fingerprint density at radius 3 is 3.20 bits per heavy atom. The van der Waals surface area contributed by atoms with Gasteiger partial charge in [0.2, 0.25) is 0 Å². The van der Waals surface area contributed by atoms with Crippen LogP contribution in [0.15, 0.2) is 23.1 Å². The molecule has 1 atom stereocenters. The van der Waals surface area contributed by atoms with Gasteiger partial charge in [-0.3, -0.25) is 0 Å². The van der Waals surface area contributed by atoms with E-state index in [1.165, 1.54) is 21.9 Å². The highest BCUT2D eigenvalue weighted by Crippen LogP contribution is 2.31.